The summed E-state index contributed by atoms with van der Waals surface area (Å²) in [6, 6.07) is 0. The number of rotatable bonds is 6. The van der Waals surface area contributed by atoms with Crippen LogP contribution >= 0.6 is 0 Å². The minimum atomic E-state index is -3.56. The standard InChI is InChI=1S/C11H20N4O2S/c1-3-4-11(5-6-11)7-14-18(16,17)10-9(12)13-8-15(10)2/h8,14H,3-7,12H2,1-2H3. The summed E-state index contributed by atoms with van der Waals surface area (Å²) >= 11 is 0. The van der Waals surface area contributed by atoms with Crippen LogP contribution in [0.4, 0.5) is 5.82 Å². The van der Waals surface area contributed by atoms with E-state index in [0.717, 1.165) is 25.7 Å². The van der Waals surface area contributed by atoms with Crippen LogP contribution in [0.3, 0.4) is 0 Å². The Labute approximate surface area is 108 Å². The fourth-order valence-electron chi connectivity index (χ4n) is 2.30. The summed E-state index contributed by atoms with van der Waals surface area (Å²) in [5.74, 6) is 0.0466. The molecular weight excluding hydrogens is 252 g/mol. The second-order valence-electron chi connectivity index (χ2n) is 5.12. The van der Waals surface area contributed by atoms with Crippen LogP contribution in [-0.4, -0.2) is 24.5 Å². The molecule has 2 rings (SSSR count). The lowest BCUT2D eigenvalue weighted by molar-refractivity contribution is 0.448. The molecule has 0 saturated heterocycles. The predicted octanol–water partition coefficient (Wildman–Crippen LogP) is 0.861. The Morgan fingerprint density at radius 2 is 2.22 bits per heavy atom. The van der Waals surface area contributed by atoms with Crippen molar-refractivity contribution in [3.63, 3.8) is 0 Å². The molecule has 102 valence electrons. The molecule has 0 atom stereocenters. The van der Waals surface area contributed by atoms with Crippen molar-refractivity contribution in [2.75, 3.05) is 12.3 Å². The molecule has 3 N–H and O–H groups in total. The second-order valence-corrected chi connectivity index (χ2v) is 6.80. The van der Waals surface area contributed by atoms with Gasteiger partial charge in [0, 0.05) is 13.6 Å². The van der Waals surface area contributed by atoms with Crippen molar-refractivity contribution in [2.24, 2.45) is 12.5 Å². The summed E-state index contributed by atoms with van der Waals surface area (Å²) in [6.45, 7) is 2.61. The normalized spacial score (nSPS) is 17.9. The van der Waals surface area contributed by atoms with Crippen molar-refractivity contribution in [1.82, 2.24) is 14.3 Å². The summed E-state index contributed by atoms with van der Waals surface area (Å²) in [6.07, 6.45) is 5.75. The Hall–Kier alpha value is -1.08. The molecule has 0 aliphatic heterocycles. The van der Waals surface area contributed by atoms with Gasteiger partial charge in [0.1, 0.15) is 0 Å². The first-order chi connectivity index (χ1) is 8.40. The smallest absolute Gasteiger partial charge is 0.260 e. The molecule has 1 fully saturated rings. The molecule has 6 nitrogen and oxygen atoms in total. The van der Waals surface area contributed by atoms with E-state index in [1.807, 2.05) is 0 Å². The predicted molar refractivity (Wildman–Crippen MR) is 69.4 cm³/mol. The maximum atomic E-state index is 12.2. The Kier molecular flexibility index (Phi) is 3.37. The van der Waals surface area contributed by atoms with E-state index in [-0.39, 0.29) is 16.3 Å². The van der Waals surface area contributed by atoms with Gasteiger partial charge in [-0.15, -0.1) is 0 Å². The zero-order valence-electron chi connectivity index (χ0n) is 10.8. The van der Waals surface area contributed by atoms with Crippen molar-refractivity contribution in [3.8, 4) is 0 Å². The van der Waals surface area contributed by atoms with Gasteiger partial charge in [-0.25, -0.2) is 18.1 Å². The highest BCUT2D eigenvalue weighted by molar-refractivity contribution is 7.89. The van der Waals surface area contributed by atoms with E-state index in [1.54, 1.807) is 7.05 Å². The van der Waals surface area contributed by atoms with Crippen molar-refractivity contribution in [1.29, 1.82) is 0 Å². The molecule has 1 aromatic heterocycles. The number of sulfonamides is 1. The third kappa shape index (κ3) is 2.51. The van der Waals surface area contributed by atoms with Gasteiger partial charge in [-0.05, 0) is 24.7 Å². The first-order valence-corrected chi connectivity index (χ1v) is 7.65. The number of hydrogen-bond acceptors (Lipinski definition) is 4. The maximum absolute atomic E-state index is 12.2. The quantitative estimate of drug-likeness (QED) is 0.803. The number of nitrogens with one attached hydrogen (secondary N) is 1. The first-order valence-electron chi connectivity index (χ1n) is 6.17. The van der Waals surface area contributed by atoms with Crippen LogP contribution in [0.25, 0.3) is 0 Å². The lowest BCUT2D eigenvalue weighted by Gasteiger charge is -2.15. The molecule has 0 aromatic carbocycles. The summed E-state index contributed by atoms with van der Waals surface area (Å²) in [5.41, 5.74) is 5.77. The summed E-state index contributed by atoms with van der Waals surface area (Å²) < 4.78 is 28.4. The van der Waals surface area contributed by atoms with E-state index < -0.39 is 10.0 Å². The van der Waals surface area contributed by atoms with Gasteiger partial charge in [-0.1, -0.05) is 13.3 Å². The van der Waals surface area contributed by atoms with Gasteiger partial charge in [0.15, 0.2) is 10.8 Å². The Balaban J connectivity index is 2.09. The van der Waals surface area contributed by atoms with E-state index in [0.29, 0.717) is 6.54 Å². The molecule has 0 unspecified atom stereocenters. The van der Waals surface area contributed by atoms with E-state index in [9.17, 15) is 8.42 Å². The maximum Gasteiger partial charge on any atom is 0.260 e. The van der Waals surface area contributed by atoms with Crippen LogP contribution in [0.2, 0.25) is 0 Å². The minimum Gasteiger partial charge on any atom is -0.381 e. The van der Waals surface area contributed by atoms with Gasteiger partial charge in [-0.3, -0.25) is 0 Å². The number of imidazole rings is 1. The fraction of sp³-hybridized carbons (Fsp3) is 0.727. The van der Waals surface area contributed by atoms with Crippen LogP contribution in [0.15, 0.2) is 11.4 Å². The topological polar surface area (TPSA) is 90.0 Å². The van der Waals surface area contributed by atoms with Crippen molar-refractivity contribution in [2.45, 2.75) is 37.6 Å². The van der Waals surface area contributed by atoms with Crippen molar-refractivity contribution < 1.29 is 8.42 Å². The Morgan fingerprint density at radius 1 is 1.56 bits per heavy atom. The average molecular weight is 272 g/mol. The highest BCUT2D eigenvalue weighted by atomic mass is 32.2. The van der Waals surface area contributed by atoms with E-state index in [2.05, 4.69) is 16.6 Å². The Morgan fingerprint density at radius 3 is 2.67 bits per heavy atom. The highest BCUT2D eigenvalue weighted by Gasteiger charge is 2.42. The SMILES string of the molecule is CCCC1(CNS(=O)(=O)c2c(N)ncn2C)CC1. The monoisotopic (exact) mass is 272 g/mol. The number of nitrogen functional groups attached to an aromatic ring is 1. The molecule has 1 aromatic rings. The molecule has 1 saturated carbocycles. The highest BCUT2D eigenvalue weighted by Crippen LogP contribution is 2.49. The van der Waals surface area contributed by atoms with Crippen LogP contribution in [0, 0.1) is 5.41 Å². The van der Waals surface area contributed by atoms with E-state index >= 15 is 0 Å². The van der Waals surface area contributed by atoms with Crippen LogP contribution in [0.1, 0.15) is 32.6 Å². The number of hydrogen-bond donors (Lipinski definition) is 2. The van der Waals surface area contributed by atoms with E-state index in [1.165, 1.54) is 10.9 Å². The summed E-state index contributed by atoms with van der Waals surface area (Å²) in [4.78, 5) is 3.80. The van der Waals surface area contributed by atoms with Crippen molar-refractivity contribution in [3.05, 3.63) is 6.33 Å². The molecule has 0 spiro atoms. The van der Waals surface area contributed by atoms with Crippen molar-refractivity contribution >= 4 is 15.8 Å². The second kappa shape index (κ2) is 4.55. The molecule has 1 aliphatic rings. The lowest BCUT2D eigenvalue weighted by Crippen LogP contribution is -2.31. The Bertz CT molecular complexity index is 512. The zero-order chi connectivity index (χ0) is 13.4. The number of aromatic nitrogens is 2. The van der Waals surface area contributed by atoms with Gasteiger partial charge < -0.3 is 10.3 Å². The van der Waals surface area contributed by atoms with Gasteiger partial charge in [0.25, 0.3) is 10.0 Å². The zero-order valence-corrected chi connectivity index (χ0v) is 11.6. The third-order valence-electron chi connectivity index (χ3n) is 3.54. The minimum absolute atomic E-state index is 0.0466. The fourth-order valence-corrected chi connectivity index (χ4v) is 3.69. The van der Waals surface area contributed by atoms with Crippen LogP contribution in [-0.2, 0) is 17.1 Å². The first kappa shape index (κ1) is 13.4. The van der Waals surface area contributed by atoms with Crippen LogP contribution in [0.5, 0.6) is 0 Å². The number of nitrogens with two attached hydrogens (primary N) is 1. The van der Waals surface area contributed by atoms with Gasteiger partial charge in [-0.2, -0.15) is 0 Å². The molecule has 7 heteroatoms. The molecule has 0 amide bonds. The molecular formula is C11H20N4O2S. The molecule has 1 aliphatic carbocycles. The summed E-state index contributed by atoms with van der Waals surface area (Å²) in [5, 5.41) is 0.0507. The number of aryl methyl sites for hydroxylation is 1. The van der Waals surface area contributed by atoms with Gasteiger partial charge in [0.2, 0.25) is 0 Å². The molecule has 18 heavy (non-hydrogen) atoms. The largest absolute Gasteiger partial charge is 0.381 e. The van der Waals surface area contributed by atoms with Gasteiger partial charge in [0.05, 0.1) is 6.33 Å². The summed E-state index contributed by atoms with van der Waals surface area (Å²) in [7, 11) is -1.94. The molecule has 1 heterocycles. The number of anilines is 1. The van der Waals surface area contributed by atoms with Gasteiger partial charge >= 0.3 is 0 Å². The average Bonchev–Trinajstić information content (AvgIpc) is 2.97. The number of nitrogens with zero attached hydrogens (tertiary/aromatic N) is 2. The lowest BCUT2D eigenvalue weighted by atomic mass is 10.0. The molecule has 0 bridgehead atoms. The van der Waals surface area contributed by atoms with E-state index in [4.69, 9.17) is 5.73 Å². The van der Waals surface area contributed by atoms with Crippen LogP contribution < -0.4 is 10.5 Å². The molecule has 0 radical (unpaired) electrons. The third-order valence-corrected chi connectivity index (χ3v) is 5.07.